The maximum atomic E-state index is 9.98. The Morgan fingerprint density at radius 2 is 2.00 bits per heavy atom. The Labute approximate surface area is 125 Å². The molecule has 2 aliphatic rings. The average molecular weight is 294 g/mol. The van der Waals surface area contributed by atoms with Crippen LogP contribution in [0.2, 0.25) is 12.0 Å². The molecule has 2 bridgehead atoms. The molecule has 3 heterocycles. The van der Waals surface area contributed by atoms with E-state index in [9.17, 15) is 5.02 Å². The average Bonchev–Trinajstić information content (AvgIpc) is 2.40. The Bertz CT molecular complexity index is 442. The summed E-state index contributed by atoms with van der Waals surface area (Å²) < 4.78 is 0. The number of hydrogen-bond donors (Lipinski definition) is 1. The highest BCUT2D eigenvalue weighted by Crippen LogP contribution is 2.38. The van der Waals surface area contributed by atoms with E-state index in [0.29, 0.717) is 23.2 Å². The Morgan fingerprint density at radius 1 is 1.30 bits per heavy atom. The zero-order chi connectivity index (χ0) is 14.1. The molecular formula is C14H21BClN3O. The van der Waals surface area contributed by atoms with Crippen molar-refractivity contribution < 1.29 is 5.02 Å². The van der Waals surface area contributed by atoms with Crippen LogP contribution < -0.4 is 0 Å². The van der Waals surface area contributed by atoms with Crippen molar-refractivity contribution in [2.24, 2.45) is 5.92 Å². The van der Waals surface area contributed by atoms with E-state index in [2.05, 4.69) is 15.0 Å². The first-order valence-electron chi connectivity index (χ1n) is 7.57. The first-order chi connectivity index (χ1) is 9.63. The molecule has 3 rings (SSSR count). The lowest BCUT2D eigenvalue weighted by atomic mass is 9.68. The molecule has 3 atom stereocenters. The van der Waals surface area contributed by atoms with Crippen LogP contribution in [0.15, 0.2) is 12.1 Å². The second-order valence-corrected chi connectivity index (χ2v) is 6.59. The van der Waals surface area contributed by atoms with E-state index in [1.807, 2.05) is 19.0 Å². The lowest BCUT2D eigenvalue weighted by Gasteiger charge is -2.49. The molecule has 2 aliphatic heterocycles. The van der Waals surface area contributed by atoms with Crippen molar-refractivity contribution in [3.63, 3.8) is 0 Å². The molecule has 0 spiro atoms. The summed E-state index contributed by atoms with van der Waals surface area (Å²) in [6.07, 6.45) is 7.02. The van der Waals surface area contributed by atoms with E-state index < -0.39 is 0 Å². The highest BCUT2D eigenvalue weighted by atomic mass is 35.5. The molecule has 1 N–H and O–H groups in total. The summed E-state index contributed by atoms with van der Waals surface area (Å²) in [5.74, 6) is 0.649. The Kier molecular flexibility index (Phi) is 4.29. The van der Waals surface area contributed by atoms with Crippen LogP contribution in [0, 0.1) is 5.92 Å². The molecule has 20 heavy (non-hydrogen) atoms. The molecule has 0 aliphatic carbocycles. The van der Waals surface area contributed by atoms with Crippen LogP contribution in [0.3, 0.4) is 0 Å². The van der Waals surface area contributed by atoms with Gasteiger partial charge in [0.2, 0.25) is 0 Å². The molecule has 108 valence electrons. The third-order valence-electron chi connectivity index (χ3n) is 4.75. The van der Waals surface area contributed by atoms with Crippen molar-refractivity contribution in [3.05, 3.63) is 23.0 Å². The number of fused-ring (bicyclic) bond motifs is 2. The van der Waals surface area contributed by atoms with Crippen LogP contribution in [-0.4, -0.2) is 39.2 Å². The third-order valence-corrected chi connectivity index (χ3v) is 4.95. The van der Waals surface area contributed by atoms with Gasteiger partial charge in [0.25, 0.3) is 0 Å². The minimum absolute atomic E-state index is 0.318. The number of halogens is 1. The molecular weight excluding hydrogens is 272 g/mol. The van der Waals surface area contributed by atoms with E-state index in [1.54, 1.807) is 0 Å². The molecule has 0 radical (unpaired) electrons. The standard InChI is InChI=1S/C14H21BClN3O/c1-15(20)19-12-3-2-4-13(19)9-10(8-12)7-11-5-6-14(16)18-17-11/h5-6,10,12-13,20H,2-4,7-9H2,1H3/t10?,12-,13?/m0/s1. The van der Waals surface area contributed by atoms with Crippen LogP contribution in [0.1, 0.15) is 37.8 Å². The molecule has 0 amide bonds. The molecule has 2 saturated heterocycles. The lowest BCUT2D eigenvalue weighted by Crippen LogP contribution is -2.57. The maximum Gasteiger partial charge on any atom is 0.376 e. The monoisotopic (exact) mass is 293 g/mol. The minimum Gasteiger partial charge on any atom is -0.437 e. The summed E-state index contributed by atoms with van der Waals surface area (Å²) in [7, 11) is -0.318. The highest BCUT2D eigenvalue weighted by molar-refractivity contribution is 6.45. The molecule has 1 aromatic heterocycles. The Balaban J connectivity index is 1.67. The van der Waals surface area contributed by atoms with Gasteiger partial charge in [-0.1, -0.05) is 18.0 Å². The van der Waals surface area contributed by atoms with Gasteiger partial charge in [-0.2, -0.15) is 5.10 Å². The number of piperidine rings is 2. The summed E-state index contributed by atoms with van der Waals surface area (Å²) in [4.78, 5) is 2.33. The van der Waals surface area contributed by atoms with Gasteiger partial charge in [-0.05, 0) is 57.0 Å². The topological polar surface area (TPSA) is 49.2 Å². The SMILES string of the molecule is CB(O)N1C2CCC[C@H]1CC(Cc1ccc(Cl)nn1)C2. The molecule has 2 unspecified atom stereocenters. The zero-order valence-corrected chi connectivity index (χ0v) is 12.6. The second-order valence-electron chi connectivity index (χ2n) is 6.21. The van der Waals surface area contributed by atoms with Gasteiger partial charge in [-0.15, -0.1) is 5.10 Å². The number of aromatic nitrogens is 2. The first-order valence-corrected chi connectivity index (χ1v) is 7.95. The van der Waals surface area contributed by atoms with Crippen molar-refractivity contribution in [3.8, 4) is 0 Å². The predicted molar refractivity (Wildman–Crippen MR) is 80.6 cm³/mol. The summed E-state index contributed by atoms with van der Waals surface area (Å²) in [5.41, 5.74) is 1.03. The van der Waals surface area contributed by atoms with Crippen LogP contribution in [0.5, 0.6) is 0 Å². The maximum absolute atomic E-state index is 9.98. The van der Waals surface area contributed by atoms with Crippen molar-refractivity contribution >= 4 is 18.7 Å². The van der Waals surface area contributed by atoms with Crippen LogP contribution in [0.4, 0.5) is 0 Å². The van der Waals surface area contributed by atoms with Gasteiger partial charge in [0.15, 0.2) is 5.15 Å². The summed E-state index contributed by atoms with van der Waals surface area (Å²) in [6, 6.07) is 4.86. The highest BCUT2D eigenvalue weighted by Gasteiger charge is 2.41. The predicted octanol–water partition coefficient (Wildman–Crippen LogP) is 2.42. The minimum atomic E-state index is -0.318. The van der Waals surface area contributed by atoms with Crippen LogP contribution >= 0.6 is 11.6 Å². The summed E-state index contributed by atoms with van der Waals surface area (Å²) in [5, 5.41) is 18.5. The third kappa shape index (κ3) is 3.00. The lowest BCUT2D eigenvalue weighted by molar-refractivity contribution is 0.0691. The van der Waals surface area contributed by atoms with Crippen molar-refractivity contribution in [2.75, 3.05) is 0 Å². The van der Waals surface area contributed by atoms with E-state index in [0.717, 1.165) is 25.0 Å². The van der Waals surface area contributed by atoms with E-state index >= 15 is 0 Å². The molecule has 0 aromatic carbocycles. The van der Waals surface area contributed by atoms with E-state index in [-0.39, 0.29) is 7.05 Å². The fourth-order valence-corrected chi connectivity index (χ4v) is 4.16. The van der Waals surface area contributed by atoms with Gasteiger partial charge >= 0.3 is 7.05 Å². The first kappa shape index (κ1) is 14.3. The van der Waals surface area contributed by atoms with E-state index in [4.69, 9.17) is 11.6 Å². The molecule has 0 saturated carbocycles. The second kappa shape index (κ2) is 6.00. The van der Waals surface area contributed by atoms with Gasteiger partial charge in [0, 0.05) is 12.1 Å². The molecule has 6 heteroatoms. The van der Waals surface area contributed by atoms with Gasteiger partial charge in [0.1, 0.15) is 0 Å². The quantitative estimate of drug-likeness (QED) is 0.870. The molecule has 4 nitrogen and oxygen atoms in total. The van der Waals surface area contributed by atoms with Gasteiger partial charge in [-0.3, -0.25) is 0 Å². The number of nitrogens with zero attached hydrogens (tertiary/aromatic N) is 3. The van der Waals surface area contributed by atoms with E-state index in [1.165, 1.54) is 19.3 Å². The van der Waals surface area contributed by atoms with Crippen molar-refractivity contribution in [1.29, 1.82) is 0 Å². The van der Waals surface area contributed by atoms with Gasteiger partial charge in [-0.25, -0.2) is 0 Å². The Hall–Kier alpha value is -0.645. The number of hydrogen-bond acceptors (Lipinski definition) is 4. The van der Waals surface area contributed by atoms with Crippen LogP contribution in [-0.2, 0) is 6.42 Å². The normalized spacial score (nSPS) is 30.2. The largest absolute Gasteiger partial charge is 0.437 e. The zero-order valence-electron chi connectivity index (χ0n) is 11.9. The summed E-state index contributed by atoms with van der Waals surface area (Å²) >= 11 is 5.78. The van der Waals surface area contributed by atoms with Gasteiger partial charge < -0.3 is 9.83 Å². The van der Waals surface area contributed by atoms with Crippen LogP contribution in [0.25, 0.3) is 0 Å². The smallest absolute Gasteiger partial charge is 0.376 e. The van der Waals surface area contributed by atoms with Crippen molar-refractivity contribution in [2.45, 2.75) is 57.4 Å². The molecule has 1 aromatic rings. The van der Waals surface area contributed by atoms with Crippen molar-refractivity contribution in [1.82, 2.24) is 15.0 Å². The fourth-order valence-electron chi connectivity index (χ4n) is 4.06. The number of rotatable bonds is 3. The Morgan fingerprint density at radius 3 is 2.55 bits per heavy atom. The molecule has 2 fully saturated rings. The fraction of sp³-hybridized carbons (Fsp3) is 0.714. The van der Waals surface area contributed by atoms with Gasteiger partial charge in [0.05, 0.1) is 5.69 Å². The summed E-state index contributed by atoms with van der Waals surface area (Å²) in [6.45, 7) is 1.90.